The number of piperidine rings is 1. The average Bonchev–Trinajstić information content (AvgIpc) is 3.10. The number of hydrogen-bond acceptors (Lipinski definition) is 3. The largest absolute Gasteiger partial charge is 0.341 e. The molecule has 1 atom stereocenters. The highest BCUT2D eigenvalue weighted by molar-refractivity contribution is 7.90. The second kappa shape index (κ2) is 8.09. The third-order valence-electron chi connectivity index (χ3n) is 5.83. The average molecular weight is 379 g/mol. The Kier molecular flexibility index (Phi) is 6.03. The lowest BCUT2D eigenvalue weighted by atomic mass is 9.99. The van der Waals surface area contributed by atoms with Crippen LogP contribution in [-0.2, 0) is 21.2 Å². The summed E-state index contributed by atoms with van der Waals surface area (Å²) >= 11 is 0. The SMILES string of the molecule is Cc1cccc(C)c1CC(=O)N1CCCC(S(=O)(=O)NC2CCCC2)C1. The van der Waals surface area contributed by atoms with Crippen molar-refractivity contribution >= 4 is 15.9 Å². The van der Waals surface area contributed by atoms with Gasteiger partial charge in [-0.25, -0.2) is 13.1 Å². The number of nitrogens with one attached hydrogen (secondary N) is 1. The van der Waals surface area contributed by atoms with Gasteiger partial charge in [-0.2, -0.15) is 0 Å². The molecule has 0 aromatic heterocycles. The second-order valence-electron chi connectivity index (χ2n) is 7.80. The number of rotatable bonds is 5. The van der Waals surface area contributed by atoms with E-state index in [1.807, 2.05) is 32.0 Å². The number of likely N-dealkylation sites (tertiary alicyclic amines) is 1. The molecule has 1 aromatic rings. The minimum atomic E-state index is -3.37. The van der Waals surface area contributed by atoms with Crippen LogP contribution >= 0.6 is 0 Å². The highest BCUT2D eigenvalue weighted by Crippen LogP contribution is 2.23. The Balaban J connectivity index is 1.65. The first-order valence-corrected chi connectivity index (χ1v) is 11.3. The van der Waals surface area contributed by atoms with E-state index in [2.05, 4.69) is 4.72 Å². The van der Waals surface area contributed by atoms with E-state index in [0.29, 0.717) is 25.9 Å². The second-order valence-corrected chi connectivity index (χ2v) is 9.79. The lowest BCUT2D eigenvalue weighted by Crippen LogP contribution is -2.50. The fourth-order valence-electron chi connectivity index (χ4n) is 4.18. The van der Waals surface area contributed by atoms with Crippen LogP contribution in [0.2, 0.25) is 0 Å². The van der Waals surface area contributed by atoms with Gasteiger partial charge in [-0.1, -0.05) is 31.0 Å². The van der Waals surface area contributed by atoms with Gasteiger partial charge < -0.3 is 4.90 Å². The number of benzene rings is 1. The van der Waals surface area contributed by atoms with Gasteiger partial charge in [0.2, 0.25) is 15.9 Å². The fraction of sp³-hybridized carbons (Fsp3) is 0.650. The van der Waals surface area contributed by atoms with Crippen LogP contribution in [0.3, 0.4) is 0 Å². The first-order chi connectivity index (χ1) is 12.4. The molecule has 1 aliphatic heterocycles. The maximum atomic E-state index is 12.8. The summed E-state index contributed by atoms with van der Waals surface area (Å²) in [6.07, 6.45) is 5.78. The number of aryl methyl sites for hydroxylation is 2. The lowest BCUT2D eigenvalue weighted by Gasteiger charge is -2.33. The van der Waals surface area contributed by atoms with Gasteiger partial charge in [0.05, 0.1) is 11.7 Å². The Morgan fingerprint density at radius 1 is 1.12 bits per heavy atom. The van der Waals surface area contributed by atoms with Crippen molar-refractivity contribution in [1.29, 1.82) is 0 Å². The highest BCUT2D eigenvalue weighted by atomic mass is 32.2. The van der Waals surface area contributed by atoms with Crippen molar-refractivity contribution in [3.8, 4) is 0 Å². The molecular weight excluding hydrogens is 348 g/mol. The van der Waals surface area contributed by atoms with Crippen LogP contribution in [0.4, 0.5) is 0 Å². The van der Waals surface area contributed by atoms with Crippen molar-refractivity contribution in [2.45, 2.75) is 70.1 Å². The summed E-state index contributed by atoms with van der Waals surface area (Å²) in [6, 6.07) is 6.12. The molecule has 1 aromatic carbocycles. The molecule has 1 heterocycles. The van der Waals surface area contributed by atoms with Gasteiger partial charge in [-0.3, -0.25) is 4.79 Å². The molecule has 1 saturated carbocycles. The molecule has 0 bridgehead atoms. The minimum absolute atomic E-state index is 0.0307. The summed E-state index contributed by atoms with van der Waals surface area (Å²) in [5, 5.41) is -0.487. The zero-order valence-electron chi connectivity index (χ0n) is 15.8. The van der Waals surface area contributed by atoms with Crippen LogP contribution in [0.5, 0.6) is 0 Å². The molecule has 144 valence electrons. The molecule has 1 unspecified atom stereocenters. The van der Waals surface area contributed by atoms with E-state index in [1.165, 1.54) is 0 Å². The van der Waals surface area contributed by atoms with Gasteiger partial charge in [0, 0.05) is 19.1 Å². The zero-order valence-corrected chi connectivity index (χ0v) is 16.6. The fourth-order valence-corrected chi connectivity index (χ4v) is 5.93. The quantitative estimate of drug-likeness (QED) is 0.857. The summed E-state index contributed by atoms with van der Waals surface area (Å²) in [6.45, 7) is 5.00. The molecular formula is C20H30N2O3S. The monoisotopic (exact) mass is 378 g/mol. The highest BCUT2D eigenvalue weighted by Gasteiger charge is 2.34. The van der Waals surface area contributed by atoms with E-state index in [0.717, 1.165) is 48.8 Å². The van der Waals surface area contributed by atoms with Gasteiger partial charge in [0.1, 0.15) is 0 Å². The summed E-state index contributed by atoms with van der Waals surface area (Å²) in [4.78, 5) is 14.5. The molecule has 6 heteroatoms. The molecule has 2 aliphatic rings. The van der Waals surface area contributed by atoms with E-state index in [1.54, 1.807) is 4.90 Å². The van der Waals surface area contributed by atoms with Crippen LogP contribution in [0.1, 0.15) is 55.2 Å². The first-order valence-electron chi connectivity index (χ1n) is 9.71. The van der Waals surface area contributed by atoms with Gasteiger partial charge in [-0.05, 0) is 56.2 Å². The smallest absolute Gasteiger partial charge is 0.227 e. The third-order valence-corrected chi connectivity index (χ3v) is 7.75. The van der Waals surface area contributed by atoms with Crippen molar-refractivity contribution in [2.24, 2.45) is 0 Å². The standard InChI is InChI=1S/C20H30N2O3S/c1-15-7-5-8-16(2)19(15)13-20(23)22-12-6-11-18(14-22)26(24,25)21-17-9-3-4-10-17/h5,7-8,17-18,21H,3-4,6,9-14H2,1-2H3. The Labute approximate surface area is 157 Å². The van der Waals surface area contributed by atoms with Gasteiger partial charge in [-0.15, -0.1) is 0 Å². The molecule has 1 amide bonds. The van der Waals surface area contributed by atoms with E-state index in [-0.39, 0.29) is 11.9 Å². The number of hydrogen-bond donors (Lipinski definition) is 1. The molecule has 1 aliphatic carbocycles. The Bertz CT molecular complexity index is 734. The van der Waals surface area contributed by atoms with Crippen molar-refractivity contribution in [1.82, 2.24) is 9.62 Å². The van der Waals surface area contributed by atoms with Crippen LogP contribution < -0.4 is 4.72 Å². The van der Waals surface area contributed by atoms with Gasteiger partial charge in [0.15, 0.2) is 0 Å². The van der Waals surface area contributed by atoms with Gasteiger partial charge >= 0.3 is 0 Å². The van der Waals surface area contributed by atoms with Crippen molar-refractivity contribution in [3.05, 3.63) is 34.9 Å². The summed E-state index contributed by atoms with van der Waals surface area (Å²) in [5.41, 5.74) is 3.29. The zero-order chi connectivity index (χ0) is 18.7. The van der Waals surface area contributed by atoms with Crippen molar-refractivity contribution < 1.29 is 13.2 Å². The third kappa shape index (κ3) is 4.46. The molecule has 5 nitrogen and oxygen atoms in total. The van der Waals surface area contributed by atoms with Crippen LogP contribution in [-0.4, -0.2) is 43.6 Å². The molecule has 2 fully saturated rings. The molecule has 26 heavy (non-hydrogen) atoms. The maximum Gasteiger partial charge on any atom is 0.227 e. The Hall–Kier alpha value is -1.40. The van der Waals surface area contributed by atoms with Crippen molar-refractivity contribution in [3.63, 3.8) is 0 Å². The number of nitrogens with zero attached hydrogens (tertiary/aromatic N) is 1. The van der Waals surface area contributed by atoms with Crippen LogP contribution in [0.25, 0.3) is 0 Å². The Morgan fingerprint density at radius 2 is 1.77 bits per heavy atom. The number of sulfonamides is 1. The molecule has 0 spiro atoms. The molecule has 1 saturated heterocycles. The molecule has 0 radical (unpaired) electrons. The maximum absolute atomic E-state index is 12.8. The molecule has 1 N–H and O–H groups in total. The minimum Gasteiger partial charge on any atom is -0.341 e. The van der Waals surface area contributed by atoms with E-state index in [4.69, 9.17) is 0 Å². The number of carbonyl (C=O) groups is 1. The topological polar surface area (TPSA) is 66.5 Å². The summed E-state index contributed by atoms with van der Waals surface area (Å²) < 4.78 is 28.3. The Morgan fingerprint density at radius 3 is 2.42 bits per heavy atom. The van der Waals surface area contributed by atoms with Gasteiger partial charge in [0.25, 0.3) is 0 Å². The van der Waals surface area contributed by atoms with E-state index in [9.17, 15) is 13.2 Å². The lowest BCUT2D eigenvalue weighted by molar-refractivity contribution is -0.131. The summed E-state index contributed by atoms with van der Waals surface area (Å²) in [5.74, 6) is 0.0307. The first kappa shape index (κ1) is 19.4. The van der Waals surface area contributed by atoms with Crippen molar-refractivity contribution in [2.75, 3.05) is 13.1 Å². The summed E-state index contributed by atoms with van der Waals surface area (Å²) in [7, 11) is -3.37. The number of amides is 1. The van der Waals surface area contributed by atoms with E-state index < -0.39 is 15.3 Å². The van der Waals surface area contributed by atoms with E-state index >= 15 is 0 Å². The predicted octanol–water partition coefficient (Wildman–Crippen LogP) is 2.70. The normalized spacial score (nSPS) is 21.9. The number of carbonyl (C=O) groups excluding carboxylic acids is 1. The predicted molar refractivity (Wildman–Crippen MR) is 104 cm³/mol. The van der Waals surface area contributed by atoms with Crippen LogP contribution in [0.15, 0.2) is 18.2 Å². The molecule has 3 rings (SSSR count). The van der Waals surface area contributed by atoms with Crippen LogP contribution in [0, 0.1) is 13.8 Å².